The Labute approximate surface area is 101 Å². The van der Waals surface area contributed by atoms with Crippen molar-refractivity contribution in [3.63, 3.8) is 0 Å². The van der Waals surface area contributed by atoms with Gasteiger partial charge in [-0.2, -0.15) is 43.5 Å². The van der Waals surface area contributed by atoms with Crippen molar-refractivity contribution in [2.24, 2.45) is 0 Å². The van der Waals surface area contributed by atoms with Gasteiger partial charge in [-0.1, -0.05) is 0 Å². The molecular weight excluding hydrogens is 344 g/mol. The molecule has 0 aromatic carbocycles. The smallest absolute Gasteiger partial charge is 0.231 e. The van der Waals surface area contributed by atoms with Crippen molar-refractivity contribution in [2.75, 3.05) is 0 Å². The molecule has 0 aliphatic carbocycles. The predicted octanol–water partition coefficient (Wildman–Crippen LogP) is 1.40. The van der Waals surface area contributed by atoms with Crippen LogP contribution in [0.1, 0.15) is 0 Å². The van der Waals surface area contributed by atoms with E-state index in [9.17, 15) is 47.8 Å². The summed E-state index contributed by atoms with van der Waals surface area (Å²) in [5.74, 6) is -5.95. The number of hydrogen-bond donors (Lipinski definition) is 0. The molecule has 0 bridgehead atoms. The monoisotopic (exact) mass is 344 g/mol. The van der Waals surface area contributed by atoms with Crippen LogP contribution in [-0.2, 0) is 29.6 Å². The van der Waals surface area contributed by atoms with Gasteiger partial charge in [0.25, 0.3) is 11.1 Å². The molecule has 1 saturated heterocycles. The van der Waals surface area contributed by atoms with Crippen molar-refractivity contribution in [2.45, 2.75) is 22.7 Å². The van der Waals surface area contributed by atoms with Crippen LogP contribution in [-0.4, -0.2) is 35.4 Å². The summed E-state index contributed by atoms with van der Waals surface area (Å²) < 4.78 is 130. The Balaban J connectivity index is 3.54. The summed E-state index contributed by atoms with van der Waals surface area (Å²) in [5, 5.41) is 0. The Kier molecular flexibility index (Phi) is 3.46. The average Bonchev–Trinajstić information content (AvgIpc) is 2.09. The lowest BCUT2D eigenvalue weighted by Crippen LogP contribution is -2.66. The van der Waals surface area contributed by atoms with Crippen LogP contribution in [0.4, 0.5) is 35.1 Å². The fourth-order valence-electron chi connectivity index (χ4n) is 0.805. The lowest BCUT2D eigenvalue weighted by Gasteiger charge is -2.38. The normalized spacial score (nSPS) is 30.0. The molecule has 0 radical (unpaired) electrons. The molecule has 1 fully saturated rings. The summed E-state index contributed by atoms with van der Waals surface area (Å²) in [6, 6.07) is 0. The van der Waals surface area contributed by atoms with Gasteiger partial charge in [0.2, 0.25) is 0 Å². The second-order valence-electron chi connectivity index (χ2n) is 2.93. The number of rotatable bonds is 0. The number of alkyl halides is 8. The Bertz CT molecular complexity index is 488. The largest absolute Gasteiger partial charge is 0.470 e. The molecule has 0 N–H and O–H groups in total. The Hall–Kier alpha value is -0.540. The highest BCUT2D eigenvalue weighted by atomic mass is 32.3. The molecule has 1 atom stereocenters. The fraction of sp³-hybridized carbons (Fsp3) is 1.00. The molecule has 19 heavy (non-hydrogen) atoms. The highest BCUT2D eigenvalue weighted by Gasteiger charge is 2.83. The van der Waals surface area contributed by atoms with E-state index in [0.717, 1.165) is 0 Å². The van der Waals surface area contributed by atoms with Gasteiger partial charge in [0.15, 0.2) is 0 Å². The van der Waals surface area contributed by atoms with E-state index in [4.69, 9.17) is 0 Å². The minimum absolute atomic E-state index is 2.43. The Morgan fingerprint density at radius 1 is 0.947 bits per heavy atom. The van der Waals surface area contributed by atoms with Crippen LogP contribution < -0.4 is 0 Å². The van der Waals surface area contributed by atoms with Crippen molar-refractivity contribution < 1.29 is 56.1 Å². The maximum absolute atomic E-state index is 12.6. The van der Waals surface area contributed by atoms with Gasteiger partial charge < -0.3 is 0 Å². The molecule has 1 aliphatic rings. The van der Waals surface area contributed by atoms with Crippen molar-refractivity contribution >= 4 is 21.2 Å². The molecule has 0 aromatic rings. The molecule has 0 aromatic heterocycles. The average molecular weight is 344 g/mol. The van der Waals surface area contributed by atoms with E-state index < -0.39 is 43.9 Å². The highest BCUT2D eigenvalue weighted by molar-refractivity contribution is 8.03. The first-order valence-electron chi connectivity index (χ1n) is 3.66. The van der Waals surface area contributed by atoms with E-state index in [2.05, 4.69) is 8.37 Å². The molecule has 0 saturated carbocycles. The van der Waals surface area contributed by atoms with Crippen molar-refractivity contribution in [1.82, 2.24) is 0 Å². The van der Waals surface area contributed by atoms with Crippen LogP contribution in [0.3, 0.4) is 0 Å². The van der Waals surface area contributed by atoms with Crippen LogP contribution in [0.2, 0.25) is 0 Å². The Morgan fingerprint density at radius 2 is 1.32 bits per heavy atom. The molecule has 0 amide bonds. The summed E-state index contributed by atoms with van der Waals surface area (Å²) >= 11 is -4.77. The Morgan fingerprint density at radius 3 is 1.58 bits per heavy atom. The predicted molar refractivity (Wildman–Crippen MR) is 39.0 cm³/mol. The standard InChI is InChI=1S/C4F8O5S2/c5-2(6,7)1(3(8,9)10)16-18(13)4(11,12)19(14,15)17-1. The lowest BCUT2D eigenvalue weighted by molar-refractivity contribution is -0.423. The molecule has 15 heteroatoms. The van der Waals surface area contributed by atoms with Crippen molar-refractivity contribution in [1.29, 1.82) is 0 Å². The van der Waals surface area contributed by atoms with Crippen molar-refractivity contribution in [3.05, 3.63) is 0 Å². The molecule has 114 valence electrons. The third kappa shape index (κ3) is 2.21. The van der Waals surface area contributed by atoms with Gasteiger partial charge in [-0.3, -0.25) is 0 Å². The maximum Gasteiger partial charge on any atom is 0.470 e. The third-order valence-electron chi connectivity index (χ3n) is 1.65. The van der Waals surface area contributed by atoms with Gasteiger partial charge in [-0.15, -0.1) is 0 Å². The maximum atomic E-state index is 12.6. The van der Waals surface area contributed by atoms with E-state index >= 15 is 0 Å². The van der Waals surface area contributed by atoms with E-state index in [0.29, 0.717) is 0 Å². The van der Waals surface area contributed by atoms with E-state index in [1.54, 1.807) is 0 Å². The van der Waals surface area contributed by atoms with E-state index in [-0.39, 0.29) is 0 Å². The molecule has 0 spiro atoms. The SMILES string of the molecule is O=S1OC(C(F)(F)F)(C(F)(F)F)OS(=O)(=O)C1(F)F. The fourth-order valence-corrected chi connectivity index (χ4v) is 2.88. The summed E-state index contributed by atoms with van der Waals surface area (Å²) in [4.78, 5) is 0. The van der Waals surface area contributed by atoms with Gasteiger partial charge >= 0.3 is 32.8 Å². The third-order valence-corrected chi connectivity index (χ3v) is 4.48. The van der Waals surface area contributed by atoms with Gasteiger partial charge in [0.1, 0.15) is 0 Å². The second-order valence-corrected chi connectivity index (χ2v) is 5.93. The first kappa shape index (κ1) is 16.5. The summed E-state index contributed by atoms with van der Waals surface area (Å²) in [6.07, 6.45) is -13.2. The molecule has 1 rings (SSSR count). The van der Waals surface area contributed by atoms with Crippen LogP contribution in [0.5, 0.6) is 0 Å². The minimum Gasteiger partial charge on any atom is -0.231 e. The first-order chi connectivity index (χ1) is 8.08. The number of hydrogen-bond acceptors (Lipinski definition) is 5. The van der Waals surface area contributed by atoms with Gasteiger partial charge in [0, 0.05) is 0 Å². The molecule has 1 aliphatic heterocycles. The topological polar surface area (TPSA) is 69.7 Å². The highest BCUT2D eigenvalue weighted by Crippen LogP contribution is 2.53. The first-order valence-corrected chi connectivity index (χ1v) is 6.14. The zero-order valence-electron chi connectivity index (χ0n) is 7.88. The van der Waals surface area contributed by atoms with Crippen LogP contribution >= 0.6 is 0 Å². The molecular formula is C4F8O5S2. The van der Waals surface area contributed by atoms with Crippen LogP contribution in [0, 0.1) is 0 Å². The lowest BCUT2D eigenvalue weighted by atomic mass is 10.3. The second kappa shape index (κ2) is 3.98. The minimum atomic E-state index is -6.78. The zero-order chi connectivity index (χ0) is 15.5. The van der Waals surface area contributed by atoms with Gasteiger partial charge in [-0.05, 0) is 0 Å². The van der Waals surface area contributed by atoms with Crippen LogP contribution in [0.25, 0.3) is 0 Å². The quantitative estimate of drug-likeness (QED) is 0.491. The molecule has 1 unspecified atom stereocenters. The molecule has 5 nitrogen and oxygen atoms in total. The zero-order valence-corrected chi connectivity index (χ0v) is 9.51. The summed E-state index contributed by atoms with van der Waals surface area (Å²) in [6.45, 7) is 0. The number of halogens is 8. The molecule has 1 heterocycles. The summed E-state index contributed by atoms with van der Waals surface area (Å²) in [7, 11) is -6.78. The van der Waals surface area contributed by atoms with Crippen LogP contribution in [0.15, 0.2) is 0 Å². The van der Waals surface area contributed by atoms with Gasteiger partial charge in [0.05, 0.1) is 0 Å². The van der Waals surface area contributed by atoms with Gasteiger partial charge in [-0.25, -0.2) is 12.6 Å². The summed E-state index contributed by atoms with van der Waals surface area (Å²) in [5.41, 5.74) is 0. The van der Waals surface area contributed by atoms with Crippen molar-refractivity contribution in [3.8, 4) is 0 Å². The van der Waals surface area contributed by atoms with E-state index in [1.807, 2.05) is 0 Å². The van der Waals surface area contributed by atoms with E-state index in [1.165, 1.54) is 0 Å².